The van der Waals surface area contributed by atoms with Gasteiger partial charge in [0.1, 0.15) is 0 Å². The van der Waals surface area contributed by atoms with Gasteiger partial charge in [-0.1, -0.05) is 18.2 Å². The summed E-state index contributed by atoms with van der Waals surface area (Å²) in [6, 6.07) is 2.90. The molecule has 0 atom stereocenters. The fraction of sp³-hybridized carbons (Fsp3) is 0.364. The van der Waals surface area contributed by atoms with E-state index in [0.29, 0.717) is 6.42 Å². The first-order valence-corrected chi connectivity index (χ1v) is 4.89. The van der Waals surface area contributed by atoms with Crippen molar-refractivity contribution in [2.24, 2.45) is 0 Å². The van der Waals surface area contributed by atoms with Crippen molar-refractivity contribution in [2.75, 3.05) is 13.6 Å². The predicted octanol–water partition coefficient (Wildman–Crippen LogP) is 2.72. The van der Waals surface area contributed by atoms with Gasteiger partial charge in [-0.05, 0) is 26.1 Å². The molecule has 0 fully saturated rings. The van der Waals surface area contributed by atoms with E-state index in [9.17, 15) is 13.2 Å². The van der Waals surface area contributed by atoms with Crippen LogP contribution in [0.5, 0.6) is 0 Å². The van der Waals surface area contributed by atoms with E-state index in [4.69, 9.17) is 0 Å². The molecular weight excluding hydrogens is 217 g/mol. The molecule has 1 heterocycles. The molecule has 0 spiro atoms. The van der Waals surface area contributed by atoms with Crippen molar-refractivity contribution >= 4 is 6.08 Å². The van der Waals surface area contributed by atoms with Crippen molar-refractivity contribution < 1.29 is 13.2 Å². The van der Waals surface area contributed by atoms with Gasteiger partial charge in [-0.15, -0.1) is 0 Å². The number of hydrogen-bond donors (Lipinski definition) is 1. The Morgan fingerprint density at radius 2 is 2.19 bits per heavy atom. The van der Waals surface area contributed by atoms with Crippen LogP contribution in [0.25, 0.3) is 6.08 Å². The topological polar surface area (TPSA) is 24.9 Å². The summed E-state index contributed by atoms with van der Waals surface area (Å²) >= 11 is 0. The lowest BCUT2D eigenvalue weighted by molar-refractivity contribution is -0.141. The van der Waals surface area contributed by atoms with Gasteiger partial charge in [0.25, 0.3) is 0 Å². The van der Waals surface area contributed by atoms with E-state index in [0.717, 1.165) is 12.7 Å². The van der Waals surface area contributed by atoms with E-state index in [-0.39, 0.29) is 5.56 Å². The molecule has 2 nitrogen and oxygen atoms in total. The number of nitrogens with zero attached hydrogens (tertiary/aromatic N) is 1. The summed E-state index contributed by atoms with van der Waals surface area (Å²) in [5.41, 5.74) is -0.734. The van der Waals surface area contributed by atoms with E-state index in [1.807, 2.05) is 0 Å². The lowest BCUT2D eigenvalue weighted by Crippen LogP contribution is -2.10. The number of alkyl halides is 3. The van der Waals surface area contributed by atoms with Gasteiger partial charge in [-0.25, -0.2) is 0 Å². The summed E-state index contributed by atoms with van der Waals surface area (Å²) in [5, 5.41) is 2.91. The Balaban J connectivity index is 2.83. The smallest absolute Gasteiger partial charge is 0.319 e. The first-order chi connectivity index (χ1) is 7.55. The second-order valence-electron chi connectivity index (χ2n) is 3.23. The summed E-state index contributed by atoms with van der Waals surface area (Å²) in [4.78, 5) is 3.36. The molecule has 0 aliphatic heterocycles. The van der Waals surface area contributed by atoms with Crippen LogP contribution in [0.15, 0.2) is 24.4 Å². The Morgan fingerprint density at radius 1 is 1.44 bits per heavy atom. The molecule has 0 saturated carbocycles. The Kier molecular flexibility index (Phi) is 4.49. The molecule has 0 saturated heterocycles. The van der Waals surface area contributed by atoms with Crippen molar-refractivity contribution in [3.63, 3.8) is 0 Å². The van der Waals surface area contributed by atoms with Crippen LogP contribution < -0.4 is 5.32 Å². The maximum atomic E-state index is 12.5. The van der Waals surface area contributed by atoms with Crippen LogP contribution >= 0.6 is 0 Å². The van der Waals surface area contributed by atoms with Crippen molar-refractivity contribution in [3.8, 4) is 0 Å². The average Bonchev–Trinajstić information content (AvgIpc) is 2.24. The number of hydrogen-bond acceptors (Lipinski definition) is 2. The van der Waals surface area contributed by atoms with E-state index in [2.05, 4.69) is 10.3 Å². The first-order valence-electron chi connectivity index (χ1n) is 4.89. The highest BCUT2D eigenvalue weighted by atomic mass is 19.4. The highest BCUT2D eigenvalue weighted by Gasteiger charge is 2.34. The molecule has 0 unspecified atom stereocenters. The van der Waals surface area contributed by atoms with E-state index in [1.54, 1.807) is 13.1 Å². The van der Waals surface area contributed by atoms with Gasteiger partial charge in [-0.2, -0.15) is 13.2 Å². The van der Waals surface area contributed by atoms with Crippen molar-refractivity contribution in [1.29, 1.82) is 0 Å². The molecule has 88 valence electrons. The van der Waals surface area contributed by atoms with Crippen LogP contribution in [-0.4, -0.2) is 18.6 Å². The summed E-state index contributed by atoms with van der Waals surface area (Å²) in [7, 11) is 1.79. The van der Waals surface area contributed by atoms with Gasteiger partial charge < -0.3 is 5.32 Å². The summed E-state index contributed by atoms with van der Waals surface area (Å²) in [5.74, 6) is 0. The van der Waals surface area contributed by atoms with E-state index >= 15 is 0 Å². The molecule has 16 heavy (non-hydrogen) atoms. The Bertz CT molecular complexity index is 358. The Hall–Kier alpha value is -1.36. The lowest BCUT2D eigenvalue weighted by Gasteiger charge is -2.08. The summed E-state index contributed by atoms with van der Waals surface area (Å²) < 4.78 is 37.5. The molecule has 1 aromatic heterocycles. The second-order valence-corrected chi connectivity index (χ2v) is 3.23. The molecular formula is C11H13F3N2. The molecule has 0 radical (unpaired) electrons. The number of aromatic nitrogens is 1. The summed E-state index contributed by atoms with van der Waals surface area (Å²) in [6.45, 7) is 0.734. The fourth-order valence-corrected chi connectivity index (χ4v) is 1.23. The molecule has 0 amide bonds. The molecule has 1 rings (SSSR count). The molecule has 0 bridgehead atoms. The van der Waals surface area contributed by atoms with Crippen molar-refractivity contribution in [2.45, 2.75) is 12.6 Å². The van der Waals surface area contributed by atoms with Crippen LogP contribution in [0.4, 0.5) is 13.2 Å². The molecule has 0 aliphatic rings. The minimum absolute atomic E-state index is 0.103. The van der Waals surface area contributed by atoms with Crippen LogP contribution in [-0.2, 0) is 6.18 Å². The van der Waals surface area contributed by atoms with Crippen molar-refractivity contribution in [1.82, 2.24) is 10.3 Å². The molecule has 1 N–H and O–H groups in total. The van der Waals surface area contributed by atoms with Gasteiger partial charge in [0.15, 0.2) is 5.69 Å². The van der Waals surface area contributed by atoms with Crippen LogP contribution in [0.1, 0.15) is 17.7 Å². The zero-order valence-electron chi connectivity index (χ0n) is 8.88. The second kappa shape index (κ2) is 5.65. The highest BCUT2D eigenvalue weighted by molar-refractivity contribution is 5.52. The quantitative estimate of drug-likeness (QED) is 0.804. The summed E-state index contributed by atoms with van der Waals surface area (Å²) in [6.07, 6.45) is 0.580. The monoisotopic (exact) mass is 230 g/mol. The van der Waals surface area contributed by atoms with E-state index in [1.165, 1.54) is 18.2 Å². The molecule has 1 aromatic rings. The third kappa shape index (κ3) is 3.66. The maximum absolute atomic E-state index is 12.5. The molecule has 5 heteroatoms. The minimum atomic E-state index is -4.40. The number of rotatable bonds is 4. The van der Waals surface area contributed by atoms with Gasteiger partial charge in [0, 0.05) is 11.8 Å². The van der Waals surface area contributed by atoms with Crippen LogP contribution in [0, 0.1) is 0 Å². The van der Waals surface area contributed by atoms with Crippen LogP contribution in [0.3, 0.4) is 0 Å². The van der Waals surface area contributed by atoms with Crippen molar-refractivity contribution in [3.05, 3.63) is 35.7 Å². The largest absolute Gasteiger partial charge is 0.433 e. The predicted molar refractivity (Wildman–Crippen MR) is 56.8 cm³/mol. The third-order valence-corrected chi connectivity index (χ3v) is 1.97. The minimum Gasteiger partial charge on any atom is -0.319 e. The Labute approximate surface area is 92.2 Å². The van der Waals surface area contributed by atoms with Gasteiger partial charge in [0.05, 0.1) is 0 Å². The van der Waals surface area contributed by atoms with Crippen LogP contribution in [0.2, 0.25) is 0 Å². The lowest BCUT2D eigenvalue weighted by atomic mass is 10.1. The van der Waals surface area contributed by atoms with Gasteiger partial charge in [-0.3, -0.25) is 4.98 Å². The molecule has 0 aromatic carbocycles. The highest BCUT2D eigenvalue weighted by Crippen LogP contribution is 2.30. The average molecular weight is 230 g/mol. The first kappa shape index (κ1) is 12.7. The molecule has 0 aliphatic carbocycles. The SMILES string of the molecule is CNCCC=Cc1cccnc1C(F)(F)F. The Morgan fingerprint density at radius 3 is 2.81 bits per heavy atom. The standard InChI is InChI=1S/C11H13F3N2/c1-15-7-3-2-5-9-6-4-8-16-10(9)11(12,13)14/h2,4-6,8,15H,3,7H2,1H3. The fourth-order valence-electron chi connectivity index (χ4n) is 1.23. The van der Waals surface area contributed by atoms with Gasteiger partial charge in [0.2, 0.25) is 0 Å². The third-order valence-electron chi connectivity index (χ3n) is 1.97. The normalized spacial score (nSPS) is 12.2. The maximum Gasteiger partial charge on any atom is 0.433 e. The number of halogens is 3. The van der Waals surface area contributed by atoms with Gasteiger partial charge >= 0.3 is 6.18 Å². The zero-order chi connectivity index (χ0) is 12.0. The number of nitrogens with one attached hydrogen (secondary N) is 1. The number of pyridine rings is 1. The van der Waals surface area contributed by atoms with E-state index < -0.39 is 11.9 Å². The zero-order valence-corrected chi connectivity index (χ0v) is 8.88.